The normalized spacial score (nSPS) is 23.2. The van der Waals surface area contributed by atoms with Crippen LogP contribution in [-0.2, 0) is 4.74 Å². The van der Waals surface area contributed by atoms with Crippen LogP contribution in [0.25, 0.3) is 0 Å². The molecule has 0 bridgehead atoms. The monoisotopic (exact) mass is 187 g/mol. The second-order valence-electron chi connectivity index (χ2n) is 3.38. The fourth-order valence-electron chi connectivity index (χ4n) is 1.60. The number of ether oxygens (including phenoxy) is 1. The number of nitrogens with two attached hydrogens (primary N) is 1. The SMILES string of the molecule is COC(=O)N(C)C[C@@H]1CCCN1N. The van der Waals surface area contributed by atoms with Crippen LogP contribution < -0.4 is 5.84 Å². The predicted octanol–water partition coefficient (Wildman–Crippen LogP) is 0.0227. The lowest BCUT2D eigenvalue weighted by Crippen LogP contribution is -2.44. The lowest BCUT2D eigenvalue weighted by atomic mass is 10.2. The third-order valence-corrected chi connectivity index (χ3v) is 2.39. The summed E-state index contributed by atoms with van der Waals surface area (Å²) >= 11 is 0. The number of hydrazine groups is 1. The van der Waals surface area contributed by atoms with Crippen LogP contribution in [0.3, 0.4) is 0 Å². The molecule has 0 aliphatic carbocycles. The zero-order valence-corrected chi connectivity index (χ0v) is 8.19. The number of hydrogen-bond donors (Lipinski definition) is 1. The average Bonchev–Trinajstić information content (AvgIpc) is 2.50. The highest BCUT2D eigenvalue weighted by atomic mass is 16.5. The standard InChI is InChI=1S/C8H17N3O2/c1-10(8(12)13-2)6-7-4-3-5-11(7)9/h7H,3-6,9H2,1-2H3/t7-/m0/s1. The van der Waals surface area contributed by atoms with Crippen LogP contribution in [0, 0.1) is 0 Å². The van der Waals surface area contributed by atoms with Gasteiger partial charge < -0.3 is 9.64 Å². The molecule has 1 amide bonds. The molecule has 0 aromatic rings. The van der Waals surface area contributed by atoms with E-state index in [2.05, 4.69) is 4.74 Å². The van der Waals surface area contributed by atoms with Gasteiger partial charge in [-0.3, -0.25) is 5.84 Å². The average molecular weight is 187 g/mol. The first-order chi connectivity index (χ1) is 6.15. The minimum Gasteiger partial charge on any atom is -0.453 e. The van der Waals surface area contributed by atoms with E-state index in [1.807, 2.05) is 0 Å². The fraction of sp³-hybridized carbons (Fsp3) is 0.875. The van der Waals surface area contributed by atoms with Crippen molar-refractivity contribution < 1.29 is 9.53 Å². The number of hydrogen-bond acceptors (Lipinski definition) is 4. The van der Waals surface area contributed by atoms with Crippen molar-refractivity contribution >= 4 is 6.09 Å². The van der Waals surface area contributed by atoms with E-state index in [0.717, 1.165) is 19.4 Å². The summed E-state index contributed by atoms with van der Waals surface area (Å²) in [6, 6.07) is 0.282. The van der Waals surface area contributed by atoms with Gasteiger partial charge in [-0.15, -0.1) is 0 Å². The van der Waals surface area contributed by atoms with E-state index in [0.29, 0.717) is 6.54 Å². The van der Waals surface area contributed by atoms with E-state index >= 15 is 0 Å². The maximum atomic E-state index is 11.1. The molecule has 0 aromatic heterocycles. The molecule has 5 nitrogen and oxygen atoms in total. The van der Waals surface area contributed by atoms with E-state index in [9.17, 15) is 4.79 Å². The third kappa shape index (κ3) is 2.57. The van der Waals surface area contributed by atoms with Gasteiger partial charge in [0, 0.05) is 26.2 Å². The second-order valence-corrected chi connectivity index (χ2v) is 3.38. The number of nitrogens with zero attached hydrogens (tertiary/aromatic N) is 2. The Morgan fingerprint density at radius 3 is 2.92 bits per heavy atom. The Bertz CT molecular complexity index is 186. The van der Waals surface area contributed by atoms with E-state index < -0.39 is 0 Å². The topological polar surface area (TPSA) is 58.8 Å². The largest absolute Gasteiger partial charge is 0.453 e. The van der Waals surface area contributed by atoms with Crippen LogP contribution in [0.5, 0.6) is 0 Å². The quantitative estimate of drug-likeness (QED) is 0.619. The van der Waals surface area contributed by atoms with Gasteiger partial charge in [0.2, 0.25) is 0 Å². The van der Waals surface area contributed by atoms with E-state index in [4.69, 9.17) is 5.84 Å². The first-order valence-electron chi connectivity index (χ1n) is 4.45. The van der Waals surface area contributed by atoms with Gasteiger partial charge in [-0.1, -0.05) is 0 Å². The van der Waals surface area contributed by atoms with Gasteiger partial charge in [-0.05, 0) is 12.8 Å². The Balaban J connectivity index is 2.34. The minimum absolute atomic E-state index is 0.282. The maximum Gasteiger partial charge on any atom is 0.409 e. The number of likely N-dealkylation sites (N-methyl/N-ethyl adjacent to an activating group) is 1. The Morgan fingerprint density at radius 2 is 2.46 bits per heavy atom. The maximum absolute atomic E-state index is 11.1. The van der Waals surface area contributed by atoms with Gasteiger partial charge in [0.05, 0.1) is 7.11 Å². The fourth-order valence-corrected chi connectivity index (χ4v) is 1.60. The van der Waals surface area contributed by atoms with Crippen molar-refractivity contribution in [2.45, 2.75) is 18.9 Å². The zero-order chi connectivity index (χ0) is 9.84. The van der Waals surface area contributed by atoms with Crippen molar-refractivity contribution in [3.63, 3.8) is 0 Å². The molecule has 0 unspecified atom stereocenters. The highest BCUT2D eigenvalue weighted by molar-refractivity contribution is 5.66. The van der Waals surface area contributed by atoms with Gasteiger partial charge in [-0.2, -0.15) is 0 Å². The summed E-state index contributed by atoms with van der Waals surface area (Å²) in [5.74, 6) is 5.72. The summed E-state index contributed by atoms with van der Waals surface area (Å²) in [4.78, 5) is 12.6. The third-order valence-electron chi connectivity index (χ3n) is 2.39. The Morgan fingerprint density at radius 1 is 1.77 bits per heavy atom. The molecule has 2 N–H and O–H groups in total. The molecule has 5 heteroatoms. The molecule has 1 saturated heterocycles. The van der Waals surface area contributed by atoms with Crippen LogP contribution in [0.4, 0.5) is 4.79 Å². The van der Waals surface area contributed by atoms with E-state index in [-0.39, 0.29) is 12.1 Å². The predicted molar refractivity (Wildman–Crippen MR) is 49.0 cm³/mol. The van der Waals surface area contributed by atoms with Gasteiger partial charge in [-0.25, -0.2) is 9.80 Å². The molecule has 1 atom stereocenters. The van der Waals surface area contributed by atoms with Gasteiger partial charge in [0.15, 0.2) is 0 Å². The molecule has 1 heterocycles. The van der Waals surface area contributed by atoms with Crippen LogP contribution in [0.1, 0.15) is 12.8 Å². The summed E-state index contributed by atoms with van der Waals surface area (Å²) in [5, 5.41) is 1.79. The van der Waals surface area contributed by atoms with Crippen molar-refractivity contribution in [3.05, 3.63) is 0 Å². The summed E-state index contributed by atoms with van der Waals surface area (Å²) in [6.45, 7) is 1.56. The molecule has 1 rings (SSSR count). The summed E-state index contributed by atoms with van der Waals surface area (Å²) in [6.07, 6.45) is 1.86. The van der Waals surface area contributed by atoms with Crippen molar-refractivity contribution in [2.75, 3.05) is 27.2 Å². The second kappa shape index (κ2) is 4.43. The number of rotatable bonds is 2. The molecular weight excluding hydrogens is 170 g/mol. The Hall–Kier alpha value is -0.810. The molecule has 1 aliphatic heterocycles. The van der Waals surface area contributed by atoms with E-state index in [1.54, 1.807) is 17.0 Å². The van der Waals surface area contributed by atoms with Crippen molar-refractivity contribution in [1.29, 1.82) is 0 Å². The summed E-state index contributed by atoms with van der Waals surface area (Å²) in [5.41, 5.74) is 0. The Kier molecular flexibility index (Phi) is 3.50. The molecule has 0 radical (unpaired) electrons. The van der Waals surface area contributed by atoms with Gasteiger partial charge >= 0.3 is 6.09 Å². The highest BCUT2D eigenvalue weighted by Crippen LogP contribution is 2.13. The van der Waals surface area contributed by atoms with E-state index in [1.165, 1.54) is 7.11 Å². The zero-order valence-electron chi connectivity index (χ0n) is 8.19. The molecule has 1 fully saturated rings. The van der Waals surface area contributed by atoms with Gasteiger partial charge in [0.1, 0.15) is 0 Å². The molecular formula is C8H17N3O2. The van der Waals surface area contributed by atoms with Crippen LogP contribution in [0.15, 0.2) is 0 Å². The highest BCUT2D eigenvalue weighted by Gasteiger charge is 2.24. The van der Waals surface area contributed by atoms with Crippen molar-refractivity contribution in [2.24, 2.45) is 5.84 Å². The smallest absolute Gasteiger partial charge is 0.409 e. The van der Waals surface area contributed by atoms with Crippen LogP contribution >= 0.6 is 0 Å². The number of methoxy groups -OCH3 is 1. The number of carbonyl (C=O) groups excluding carboxylic acids is 1. The molecule has 0 aromatic carbocycles. The number of carbonyl (C=O) groups is 1. The van der Waals surface area contributed by atoms with Crippen molar-refractivity contribution in [3.8, 4) is 0 Å². The molecule has 13 heavy (non-hydrogen) atoms. The van der Waals surface area contributed by atoms with Gasteiger partial charge in [0.25, 0.3) is 0 Å². The molecule has 0 spiro atoms. The summed E-state index contributed by atoms with van der Waals surface area (Å²) in [7, 11) is 3.10. The van der Waals surface area contributed by atoms with Crippen LogP contribution in [0.2, 0.25) is 0 Å². The summed E-state index contributed by atoms with van der Waals surface area (Å²) < 4.78 is 4.59. The number of amides is 1. The Labute approximate surface area is 78.4 Å². The van der Waals surface area contributed by atoms with Crippen LogP contribution in [-0.4, -0.2) is 49.3 Å². The first kappa shape index (κ1) is 10.3. The van der Waals surface area contributed by atoms with Crippen molar-refractivity contribution in [1.82, 2.24) is 9.91 Å². The molecule has 1 aliphatic rings. The minimum atomic E-state index is -0.305. The lowest BCUT2D eigenvalue weighted by molar-refractivity contribution is 0.119. The molecule has 76 valence electrons. The lowest BCUT2D eigenvalue weighted by Gasteiger charge is -2.24. The molecule has 0 saturated carbocycles. The first-order valence-corrected chi connectivity index (χ1v) is 4.45.